The molecule has 1 unspecified atom stereocenters. The summed E-state index contributed by atoms with van der Waals surface area (Å²) in [4.78, 5) is 11.4. The predicted molar refractivity (Wildman–Crippen MR) is 56.7 cm³/mol. The van der Waals surface area contributed by atoms with Gasteiger partial charge in [0.05, 0.1) is 0 Å². The van der Waals surface area contributed by atoms with E-state index in [1.807, 2.05) is 0 Å². The Hall–Kier alpha value is -0.570. The molecule has 3 nitrogen and oxygen atoms in total. The molecule has 2 rings (SSSR count). The van der Waals surface area contributed by atoms with E-state index < -0.39 is 11.6 Å². The molecule has 1 aliphatic carbocycles. The van der Waals surface area contributed by atoms with Crippen LogP contribution >= 0.6 is 0 Å². The van der Waals surface area contributed by atoms with Crippen molar-refractivity contribution >= 4 is 5.97 Å². The average Bonchev–Trinajstić information content (AvgIpc) is 2.56. The van der Waals surface area contributed by atoms with Crippen molar-refractivity contribution in [2.45, 2.75) is 57.0 Å². The topological polar surface area (TPSA) is 46.5 Å². The van der Waals surface area contributed by atoms with Gasteiger partial charge in [0.15, 0.2) is 5.60 Å². The molecule has 0 amide bonds. The number of ether oxygens (including phenoxy) is 1. The standard InChI is InChI=1S/C12H20O3/c13-11(14)12(8-5-9-15-12)10-6-3-1-2-4-7-10/h10H,1-9H2,(H,13,14). The monoisotopic (exact) mass is 212 g/mol. The summed E-state index contributed by atoms with van der Waals surface area (Å²) in [5.74, 6) is -0.480. The zero-order valence-electron chi connectivity index (χ0n) is 9.21. The third-order valence-electron chi connectivity index (χ3n) is 3.93. The molecule has 86 valence electrons. The van der Waals surface area contributed by atoms with Crippen LogP contribution < -0.4 is 0 Å². The van der Waals surface area contributed by atoms with Crippen LogP contribution in [-0.2, 0) is 9.53 Å². The maximum absolute atomic E-state index is 11.4. The fourth-order valence-electron chi connectivity index (χ4n) is 3.07. The summed E-state index contributed by atoms with van der Waals surface area (Å²) in [6.45, 7) is 0.628. The maximum Gasteiger partial charge on any atom is 0.336 e. The van der Waals surface area contributed by atoms with Gasteiger partial charge in [-0.15, -0.1) is 0 Å². The van der Waals surface area contributed by atoms with E-state index in [0.29, 0.717) is 13.0 Å². The SMILES string of the molecule is O=C(O)C1(C2CCCCCC2)CCCO1. The minimum absolute atomic E-state index is 0.250. The molecule has 2 fully saturated rings. The summed E-state index contributed by atoms with van der Waals surface area (Å²) in [6, 6.07) is 0. The molecule has 0 aromatic carbocycles. The van der Waals surface area contributed by atoms with Gasteiger partial charge in [0.1, 0.15) is 0 Å². The van der Waals surface area contributed by atoms with E-state index in [1.165, 1.54) is 25.7 Å². The Morgan fingerprint density at radius 1 is 1.13 bits per heavy atom. The van der Waals surface area contributed by atoms with E-state index >= 15 is 0 Å². The zero-order chi connectivity index (χ0) is 10.7. The van der Waals surface area contributed by atoms with Crippen LogP contribution in [0.4, 0.5) is 0 Å². The summed E-state index contributed by atoms with van der Waals surface area (Å²) in [6.07, 6.45) is 8.54. The van der Waals surface area contributed by atoms with Gasteiger partial charge in [0.25, 0.3) is 0 Å². The molecule has 1 aliphatic heterocycles. The van der Waals surface area contributed by atoms with E-state index in [1.54, 1.807) is 0 Å². The van der Waals surface area contributed by atoms with Gasteiger partial charge in [-0.1, -0.05) is 25.7 Å². The lowest BCUT2D eigenvalue weighted by Crippen LogP contribution is -2.45. The van der Waals surface area contributed by atoms with Crippen LogP contribution in [0.3, 0.4) is 0 Å². The Kier molecular flexibility index (Phi) is 3.29. The summed E-state index contributed by atoms with van der Waals surface area (Å²) < 4.78 is 5.60. The number of carboxylic acid groups (broad SMARTS) is 1. The predicted octanol–water partition coefficient (Wildman–Crippen LogP) is 2.59. The second-order valence-corrected chi connectivity index (χ2v) is 4.84. The molecule has 15 heavy (non-hydrogen) atoms. The van der Waals surface area contributed by atoms with Crippen molar-refractivity contribution in [2.24, 2.45) is 5.92 Å². The number of carbonyl (C=O) groups is 1. The molecule has 1 N–H and O–H groups in total. The Balaban J connectivity index is 2.12. The van der Waals surface area contributed by atoms with Gasteiger partial charge in [-0.3, -0.25) is 0 Å². The van der Waals surface area contributed by atoms with Crippen LogP contribution in [0.25, 0.3) is 0 Å². The maximum atomic E-state index is 11.4. The minimum atomic E-state index is -0.829. The van der Waals surface area contributed by atoms with Crippen LogP contribution in [0.15, 0.2) is 0 Å². The third kappa shape index (κ3) is 2.03. The number of hydrogen-bond donors (Lipinski definition) is 1. The highest BCUT2D eigenvalue weighted by Crippen LogP contribution is 2.40. The van der Waals surface area contributed by atoms with Crippen molar-refractivity contribution in [3.05, 3.63) is 0 Å². The van der Waals surface area contributed by atoms with E-state index in [9.17, 15) is 9.90 Å². The summed E-state index contributed by atoms with van der Waals surface area (Å²) >= 11 is 0. The van der Waals surface area contributed by atoms with Crippen molar-refractivity contribution in [1.29, 1.82) is 0 Å². The van der Waals surface area contributed by atoms with Gasteiger partial charge in [-0.2, -0.15) is 0 Å². The first kappa shape index (κ1) is 10.9. The van der Waals surface area contributed by atoms with Crippen molar-refractivity contribution in [3.63, 3.8) is 0 Å². The zero-order valence-corrected chi connectivity index (χ0v) is 9.21. The first-order chi connectivity index (χ1) is 7.26. The first-order valence-corrected chi connectivity index (χ1v) is 6.13. The Bertz CT molecular complexity index is 223. The summed E-state index contributed by atoms with van der Waals surface area (Å²) in [7, 11) is 0. The molecule has 1 heterocycles. The molecule has 2 aliphatic rings. The van der Waals surface area contributed by atoms with E-state index in [4.69, 9.17) is 4.74 Å². The van der Waals surface area contributed by atoms with Crippen molar-refractivity contribution in [2.75, 3.05) is 6.61 Å². The quantitative estimate of drug-likeness (QED) is 0.716. The lowest BCUT2D eigenvalue weighted by Gasteiger charge is -2.32. The molecule has 0 bridgehead atoms. The van der Waals surface area contributed by atoms with E-state index in [-0.39, 0.29) is 5.92 Å². The average molecular weight is 212 g/mol. The van der Waals surface area contributed by atoms with E-state index in [0.717, 1.165) is 19.3 Å². The number of rotatable bonds is 2. The molecule has 1 saturated heterocycles. The molecular formula is C12H20O3. The van der Waals surface area contributed by atoms with Crippen LogP contribution in [0.5, 0.6) is 0 Å². The third-order valence-corrected chi connectivity index (χ3v) is 3.93. The molecule has 0 aromatic heterocycles. The van der Waals surface area contributed by atoms with Crippen LogP contribution in [-0.4, -0.2) is 23.3 Å². The highest BCUT2D eigenvalue weighted by molar-refractivity contribution is 5.78. The lowest BCUT2D eigenvalue weighted by atomic mass is 9.80. The fraction of sp³-hybridized carbons (Fsp3) is 0.917. The molecule has 1 saturated carbocycles. The minimum Gasteiger partial charge on any atom is -0.479 e. The van der Waals surface area contributed by atoms with Crippen LogP contribution in [0.2, 0.25) is 0 Å². The normalized spacial score (nSPS) is 33.9. The van der Waals surface area contributed by atoms with Gasteiger partial charge >= 0.3 is 5.97 Å². The van der Waals surface area contributed by atoms with Crippen LogP contribution in [0.1, 0.15) is 51.4 Å². The van der Waals surface area contributed by atoms with Gasteiger partial charge < -0.3 is 9.84 Å². The van der Waals surface area contributed by atoms with Crippen LogP contribution in [0, 0.1) is 5.92 Å². The largest absolute Gasteiger partial charge is 0.479 e. The highest BCUT2D eigenvalue weighted by Gasteiger charge is 2.48. The first-order valence-electron chi connectivity index (χ1n) is 6.13. The summed E-state index contributed by atoms with van der Waals surface area (Å²) in [5, 5.41) is 9.38. The van der Waals surface area contributed by atoms with Crippen molar-refractivity contribution < 1.29 is 14.6 Å². The molecule has 0 radical (unpaired) electrons. The van der Waals surface area contributed by atoms with Crippen molar-refractivity contribution in [1.82, 2.24) is 0 Å². The lowest BCUT2D eigenvalue weighted by molar-refractivity contribution is -0.167. The number of aliphatic carboxylic acids is 1. The Morgan fingerprint density at radius 3 is 2.27 bits per heavy atom. The second kappa shape index (κ2) is 4.52. The second-order valence-electron chi connectivity index (χ2n) is 4.84. The van der Waals surface area contributed by atoms with Gasteiger partial charge in [0.2, 0.25) is 0 Å². The molecule has 0 spiro atoms. The Labute approximate surface area is 90.8 Å². The van der Waals surface area contributed by atoms with Crippen molar-refractivity contribution in [3.8, 4) is 0 Å². The Morgan fingerprint density at radius 2 is 1.80 bits per heavy atom. The molecule has 1 atom stereocenters. The molecule has 0 aromatic rings. The smallest absolute Gasteiger partial charge is 0.336 e. The summed E-state index contributed by atoms with van der Waals surface area (Å²) in [5.41, 5.74) is -0.829. The molecule has 3 heteroatoms. The molecular weight excluding hydrogens is 192 g/mol. The highest BCUT2D eigenvalue weighted by atomic mass is 16.5. The van der Waals surface area contributed by atoms with Gasteiger partial charge in [-0.25, -0.2) is 4.79 Å². The fourth-order valence-corrected chi connectivity index (χ4v) is 3.07. The van der Waals surface area contributed by atoms with E-state index in [2.05, 4.69) is 0 Å². The van der Waals surface area contributed by atoms with Gasteiger partial charge in [0, 0.05) is 6.61 Å². The number of carboxylic acids is 1. The number of hydrogen-bond acceptors (Lipinski definition) is 2. The van der Waals surface area contributed by atoms with Gasteiger partial charge in [-0.05, 0) is 31.6 Å².